The first-order valence-electron chi connectivity index (χ1n) is 4.98. The van der Waals surface area contributed by atoms with E-state index >= 15 is 0 Å². The van der Waals surface area contributed by atoms with Gasteiger partial charge in [-0.2, -0.15) is 5.26 Å². The molecule has 0 aliphatic rings. The van der Waals surface area contributed by atoms with Crippen molar-refractivity contribution in [3.63, 3.8) is 0 Å². The van der Waals surface area contributed by atoms with Crippen molar-refractivity contribution in [2.75, 3.05) is 0 Å². The van der Waals surface area contributed by atoms with Crippen LogP contribution in [0.1, 0.15) is 17.0 Å². The second-order valence-electron chi connectivity index (χ2n) is 3.71. The van der Waals surface area contributed by atoms with E-state index in [1.165, 1.54) is 0 Å². The molecule has 2 aromatic rings. The van der Waals surface area contributed by atoms with E-state index in [2.05, 4.69) is 26.6 Å². The van der Waals surface area contributed by atoms with Crippen LogP contribution in [0, 0.1) is 25.2 Å². The molecule has 0 fully saturated rings. The quantitative estimate of drug-likeness (QED) is 0.779. The number of aryl methyl sites for hydroxylation is 1. The molecule has 0 atom stereocenters. The fourth-order valence-electron chi connectivity index (χ4n) is 1.86. The summed E-state index contributed by atoms with van der Waals surface area (Å²) in [6.45, 7) is 3.98. The van der Waals surface area contributed by atoms with Crippen LogP contribution in [-0.2, 0) is 0 Å². The highest BCUT2D eigenvalue weighted by atomic mass is 79.9. The molecular formula is C13H11BrN2. The van der Waals surface area contributed by atoms with Crippen LogP contribution in [0.2, 0.25) is 0 Å². The molecule has 2 rings (SSSR count). The number of rotatable bonds is 1. The highest BCUT2D eigenvalue weighted by Crippen LogP contribution is 2.21. The van der Waals surface area contributed by atoms with E-state index in [0.29, 0.717) is 0 Å². The predicted octanol–water partition coefficient (Wildman–Crippen LogP) is 3.73. The largest absolute Gasteiger partial charge is 0.317 e. The van der Waals surface area contributed by atoms with Crippen LogP contribution in [-0.4, -0.2) is 4.57 Å². The fourth-order valence-corrected chi connectivity index (χ4v) is 2.13. The molecule has 0 saturated carbocycles. The Morgan fingerprint density at radius 2 is 1.81 bits per heavy atom. The van der Waals surface area contributed by atoms with Gasteiger partial charge in [0.15, 0.2) is 0 Å². The molecule has 1 aromatic carbocycles. The Labute approximate surface area is 103 Å². The maximum atomic E-state index is 8.98. The molecule has 0 N–H and O–H groups in total. The second-order valence-corrected chi connectivity index (χ2v) is 4.62. The summed E-state index contributed by atoms with van der Waals surface area (Å²) in [5.74, 6) is 0. The summed E-state index contributed by atoms with van der Waals surface area (Å²) in [6, 6.07) is 12.2. The lowest BCUT2D eigenvalue weighted by Gasteiger charge is -2.09. The standard InChI is InChI=1S/C13H11BrN2/c1-9-7-11(8-15)10(2)16(9)13-5-3-12(14)4-6-13/h3-7H,1-2H3. The number of nitrogens with zero attached hydrogens (tertiary/aromatic N) is 2. The Bertz CT molecular complexity index is 559. The van der Waals surface area contributed by atoms with Gasteiger partial charge in [0.05, 0.1) is 5.56 Å². The van der Waals surface area contributed by atoms with Crippen molar-refractivity contribution in [3.05, 3.63) is 51.8 Å². The number of hydrogen-bond donors (Lipinski definition) is 0. The van der Waals surface area contributed by atoms with Crippen LogP contribution in [0.25, 0.3) is 5.69 Å². The zero-order valence-corrected chi connectivity index (χ0v) is 10.7. The minimum absolute atomic E-state index is 0.736. The van der Waals surface area contributed by atoms with Gasteiger partial charge in [-0.1, -0.05) is 15.9 Å². The van der Waals surface area contributed by atoms with E-state index in [9.17, 15) is 0 Å². The first-order valence-corrected chi connectivity index (χ1v) is 5.78. The van der Waals surface area contributed by atoms with Crippen molar-refractivity contribution in [2.45, 2.75) is 13.8 Å². The van der Waals surface area contributed by atoms with E-state index in [1.54, 1.807) is 0 Å². The zero-order valence-electron chi connectivity index (χ0n) is 9.16. The number of hydrogen-bond acceptors (Lipinski definition) is 1. The van der Waals surface area contributed by atoms with Crippen LogP contribution in [0.15, 0.2) is 34.8 Å². The summed E-state index contributed by atoms with van der Waals surface area (Å²) < 4.78 is 3.14. The third-order valence-electron chi connectivity index (χ3n) is 2.64. The van der Waals surface area contributed by atoms with Gasteiger partial charge in [-0.25, -0.2) is 0 Å². The van der Waals surface area contributed by atoms with E-state index in [-0.39, 0.29) is 0 Å². The SMILES string of the molecule is Cc1cc(C#N)c(C)n1-c1ccc(Br)cc1. The molecule has 0 aliphatic carbocycles. The zero-order chi connectivity index (χ0) is 11.7. The molecule has 1 aromatic heterocycles. The van der Waals surface area contributed by atoms with Crippen LogP contribution in [0.3, 0.4) is 0 Å². The minimum atomic E-state index is 0.736. The molecule has 1 heterocycles. The minimum Gasteiger partial charge on any atom is -0.317 e. The lowest BCUT2D eigenvalue weighted by molar-refractivity contribution is 0.963. The summed E-state index contributed by atoms with van der Waals surface area (Å²) in [5.41, 5.74) is 3.89. The van der Waals surface area contributed by atoms with E-state index < -0.39 is 0 Å². The molecule has 0 bridgehead atoms. The van der Waals surface area contributed by atoms with E-state index in [4.69, 9.17) is 5.26 Å². The van der Waals surface area contributed by atoms with Crippen LogP contribution < -0.4 is 0 Å². The molecule has 2 nitrogen and oxygen atoms in total. The van der Waals surface area contributed by atoms with E-state index in [0.717, 1.165) is 27.1 Å². The van der Waals surface area contributed by atoms with Crippen molar-refractivity contribution in [1.29, 1.82) is 5.26 Å². The average molecular weight is 275 g/mol. The molecule has 0 unspecified atom stereocenters. The monoisotopic (exact) mass is 274 g/mol. The molecule has 0 saturated heterocycles. The second kappa shape index (κ2) is 4.15. The van der Waals surface area contributed by atoms with Crippen molar-refractivity contribution in [3.8, 4) is 11.8 Å². The predicted molar refractivity (Wildman–Crippen MR) is 67.7 cm³/mol. The maximum absolute atomic E-state index is 8.98. The highest BCUT2D eigenvalue weighted by Gasteiger charge is 2.09. The molecule has 0 radical (unpaired) electrons. The Balaban J connectivity index is 2.61. The van der Waals surface area contributed by atoms with Crippen molar-refractivity contribution >= 4 is 15.9 Å². The van der Waals surface area contributed by atoms with Gasteiger partial charge >= 0.3 is 0 Å². The van der Waals surface area contributed by atoms with Crippen LogP contribution in [0.4, 0.5) is 0 Å². The Hall–Kier alpha value is -1.53. The van der Waals surface area contributed by atoms with Crippen molar-refractivity contribution < 1.29 is 0 Å². The normalized spacial score (nSPS) is 10.1. The average Bonchev–Trinajstić information content (AvgIpc) is 2.56. The fraction of sp³-hybridized carbons (Fsp3) is 0.154. The molecule has 3 heteroatoms. The number of aromatic nitrogens is 1. The first-order chi connectivity index (χ1) is 7.63. The van der Waals surface area contributed by atoms with Gasteiger partial charge in [-0.3, -0.25) is 0 Å². The third kappa shape index (κ3) is 1.77. The maximum Gasteiger partial charge on any atom is 0.101 e. The summed E-state index contributed by atoms with van der Waals surface area (Å²) in [5, 5.41) is 8.98. The topological polar surface area (TPSA) is 28.7 Å². The van der Waals surface area contributed by atoms with Gasteiger partial charge in [-0.05, 0) is 44.2 Å². The van der Waals surface area contributed by atoms with Crippen LogP contribution in [0.5, 0.6) is 0 Å². The van der Waals surface area contributed by atoms with Gasteiger partial charge < -0.3 is 4.57 Å². The molecule has 0 aliphatic heterocycles. The summed E-state index contributed by atoms with van der Waals surface area (Å²) in [7, 11) is 0. The number of benzene rings is 1. The molecule has 16 heavy (non-hydrogen) atoms. The van der Waals surface area contributed by atoms with Gasteiger partial charge in [-0.15, -0.1) is 0 Å². The van der Waals surface area contributed by atoms with Gasteiger partial charge in [0.2, 0.25) is 0 Å². The molecule has 0 amide bonds. The van der Waals surface area contributed by atoms with Crippen molar-refractivity contribution in [2.24, 2.45) is 0 Å². The molecule has 0 spiro atoms. The van der Waals surface area contributed by atoms with Crippen molar-refractivity contribution in [1.82, 2.24) is 4.57 Å². The Morgan fingerprint density at radius 3 is 2.31 bits per heavy atom. The summed E-state index contributed by atoms with van der Waals surface area (Å²) in [6.07, 6.45) is 0. The van der Waals surface area contributed by atoms with Gasteiger partial charge in [0, 0.05) is 21.5 Å². The molecular weight excluding hydrogens is 264 g/mol. The summed E-state index contributed by atoms with van der Waals surface area (Å²) >= 11 is 3.41. The smallest absolute Gasteiger partial charge is 0.101 e. The summed E-state index contributed by atoms with van der Waals surface area (Å²) in [4.78, 5) is 0. The van der Waals surface area contributed by atoms with Gasteiger partial charge in [0.1, 0.15) is 6.07 Å². The van der Waals surface area contributed by atoms with Gasteiger partial charge in [0.25, 0.3) is 0 Å². The number of nitriles is 1. The van der Waals surface area contributed by atoms with Crippen LogP contribution >= 0.6 is 15.9 Å². The molecule has 80 valence electrons. The highest BCUT2D eigenvalue weighted by molar-refractivity contribution is 9.10. The Morgan fingerprint density at radius 1 is 1.19 bits per heavy atom. The lowest BCUT2D eigenvalue weighted by atomic mass is 10.2. The third-order valence-corrected chi connectivity index (χ3v) is 3.17. The number of halogens is 1. The lowest BCUT2D eigenvalue weighted by Crippen LogP contribution is -1.98. The van der Waals surface area contributed by atoms with E-state index in [1.807, 2.05) is 44.2 Å². The Kier molecular flexibility index (Phi) is 2.84. The first kappa shape index (κ1) is 11.0.